The molecule has 0 aromatic carbocycles. The lowest BCUT2D eigenvalue weighted by Gasteiger charge is -2.19. The number of nitrogens with zero attached hydrogens (tertiary/aromatic N) is 1. The van der Waals surface area contributed by atoms with Crippen LogP contribution in [0, 0.1) is 0 Å². The van der Waals surface area contributed by atoms with Gasteiger partial charge in [0.15, 0.2) is 0 Å². The molecule has 96 valence electrons. The van der Waals surface area contributed by atoms with E-state index >= 15 is 0 Å². The maximum absolute atomic E-state index is 5.57. The summed E-state index contributed by atoms with van der Waals surface area (Å²) in [6.45, 7) is 12.8. The Morgan fingerprint density at radius 3 is 2.94 bits per heavy atom. The summed E-state index contributed by atoms with van der Waals surface area (Å²) in [5.74, 6) is 1.07. The molecule has 0 aliphatic carbocycles. The van der Waals surface area contributed by atoms with E-state index in [0.29, 0.717) is 0 Å². The van der Waals surface area contributed by atoms with E-state index in [9.17, 15) is 0 Å². The van der Waals surface area contributed by atoms with Crippen LogP contribution in [0.25, 0.3) is 0 Å². The third-order valence-electron chi connectivity index (χ3n) is 2.70. The predicted octanol–water partition coefficient (Wildman–Crippen LogP) is 2.79. The Labute approximate surface area is 104 Å². The summed E-state index contributed by atoms with van der Waals surface area (Å²) in [7, 11) is 0. The fourth-order valence-corrected chi connectivity index (χ4v) is 1.86. The van der Waals surface area contributed by atoms with Crippen molar-refractivity contribution in [1.29, 1.82) is 0 Å². The van der Waals surface area contributed by atoms with Crippen molar-refractivity contribution in [3.63, 3.8) is 0 Å². The van der Waals surface area contributed by atoms with E-state index in [0.717, 1.165) is 44.9 Å². The highest BCUT2D eigenvalue weighted by atomic mass is 16.3. The van der Waals surface area contributed by atoms with Crippen LogP contribution in [0.2, 0.25) is 0 Å². The van der Waals surface area contributed by atoms with Crippen molar-refractivity contribution in [3.05, 3.63) is 36.3 Å². The average molecular weight is 236 g/mol. The minimum absolute atomic E-state index is 0.869. The minimum Gasteiger partial charge on any atom is -0.468 e. The third-order valence-corrected chi connectivity index (χ3v) is 2.70. The Bertz CT molecular complexity index is 320. The van der Waals surface area contributed by atoms with Crippen molar-refractivity contribution in [2.45, 2.75) is 33.4 Å². The average Bonchev–Trinajstić information content (AvgIpc) is 2.74. The molecule has 1 rings (SSSR count). The van der Waals surface area contributed by atoms with Crippen molar-refractivity contribution in [3.8, 4) is 0 Å². The highest BCUT2D eigenvalue weighted by molar-refractivity contribution is 5.16. The Morgan fingerprint density at radius 1 is 1.47 bits per heavy atom. The topological polar surface area (TPSA) is 28.4 Å². The van der Waals surface area contributed by atoms with Gasteiger partial charge < -0.3 is 9.73 Å². The maximum atomic E-state index is 5.57. The van der Waals surface area contributed by atoms with E-state index in [2.05, 4.69) is 36.7 Å². The van der Waals surface area contributed by atoms with E-state index in [4.69, 9.17) is 4.42 Å². The van der Waals surface area contributed by atoms with Crippen LogP contribution in [0.1, 0.15) is 31.6 Å². The van der Waals surface area contributed by atoms with Gasteiger partial charge in [0.2, 0.25) is 0 Å². The van der Waals surface area contributed by atoms with E-state index in [-0.39, 0.29) is 0 Å². The van der Waals surface area contributed by atoms with Crippen LogP contribution in [0.5, 0.6) is 0 Å². The van der Waals surface area contributed by atoms with Gasteiger partial charge in [-0.2, -0.15) is 0 Å². The van der Waals surface area contributed by atoms with Crippen LogP contribution in [-0.4, -0.2) is 24.5 Å². The Hall–Kier alpha value is -1.06. The summed E-state index contributed by atoms with van der Waals surface area (Å²) in [6.07, 6.45) is 4.87. The van der Waals surface area contributed by atoms with Gasteiger partial charge in [-0.1, -0.05) is 19.9 Å². The second-order valence-corrected chi connectivity index (χ2v) is 4.17. The van der Waals surface area contributed by atoms with Crippen LogP contribution in [0.4, 0.5) is 0 Å². The van der Waals surface area contributed by atoms with E-state index in [1.165, 1.54) is 5.56 Å². The molecular formula is C14H24N2O. The quantitative estimate of drug-likeness (QED) is 0.668. The first-order valence-corrected chi connectivity index (χ1v) is 6.41. The minimum atomic E-state index is 0.869. The SMILES string of the molecule is C=CCN(CCC)Cc1occc1CNCC. The van der Waals surface area contributed by atoms with Crippen LogP contribution in [0.3, 0.4) is 0 Å². The summed E-state index contributed by atoms with van der Waals surface area (Å²) in [5, 5.41) is 3.33. The first-order chi connectivity index (χ1) is 8.31. The van der Waals surface area contributed by atoms with Gasteiger partial charge in [0, 0.05) is 18.7 Å². The molecular weight excluding hydrogens is 212 g/mol. The predicted molar refractivity (Wildman–Crippen MR) is 71.9 cm³/mol. The molecule has 0 aliphatic rings. The number of hydrogen-bond donors (Lipinski definition) is 1. The summed E-state index contributed by atoms with van der Waals surface area (Å²) >= 11 is 0. The molecule has 3 nitrogen and oxygen atoms in total. The summed E-state index contributed by atoms with van der Waals surface area (Å²) in [6, 6.07) is 2.05. The van der Waals surface area contributed by atoms with E-state index in [1.54, 1.807) is 6.26 Å². The van der Waals surface area contributed by atoms with Gasteiger partial charge in [0.25, 0.3) is 0 Å². The largest absolute Gasteiger partial charge is 0.468 e. The van der Waals surface area contributed by atoms with E-state index < -0.39 is 0 Å². The monoisotopic (exact) mass is 236 g/mol. The second kappa shape index (κ2) is 8.09. The highest BCUT2D eigenvalue weighted by Crippen LogP contribution is 2.13. The Balaban J connectivity index is 2.57. The molecule has 1 heterocycles. The molecule has 17 heavy (non-hydrogen) atoms. The maximum Gasteiger partial charge on any atom is 0.122 e. The lowest BCUT2D eigenvalue weighted by atomic mass is 10.2. The number of furan rings is 1. The van der Waals surface area contributed by atoms with Crippen molar-refractivity contribution in [1.82, 2.24) is 10.2 Å². The van der Waals surface area contributed by atoms with Gasteiger partial charge in [0.05, 0.1) is 12.8 Å². The molecule has 0 fully saturated rings. The van der Waals surface area contributed by atoms with E-state index in [1.807, 2.05) is 6.08 Å². The molecule has 0 amide bonds. The number of hydrogen-bond acceptors (Lipinski definition) is 3. The van der Waals surface area contributed by atoms with Crippen molar-refractivity contribution in [2.75, 3.05) is 19.6 Å². The van der Waals surface area contributed by atoms with Crippen molar-refractivity contribution < 1.29 is 4.42 Å². The first kappa shape index (κ1) is 14.0. The fraction of sp³-hybridized carbons (Fsp3) is 0.571. The molecule has 0 bridgehead atoms. The molecule has 0 saturated carbocycles. The summed E-state index contributed by atoms with van der Waals surface area (Å²) in [4.78, 5) is 2.35. The van der Waals surface area contributed by atoms with Crippen LogP contribution in [0.15, 0.2) is 29.4 Å². The number of nitrogens with one attached hydrogen (secondary N) is 1. The van der Waals surface area contributed by atoms with Gasteiger partial charge in [-0.3, -0.25) is 4.90 Å². The zero-order valence-electron chi connectivity index (χ0n) is 11.0. The molecule has 0 aliphatic heterocycles. The molecule has 1 aromatic heterocycles. The third kappa shape index (κ3) is 4.75. The molecule has 3 heteroatoms. The van der Waals surface area contributed by atoms with Gasteiger partial charge in [-0.15, -0.1) is 6.58 Å². The molecule has 0 saturated heterocycles. The van der Waals surface area contributed by atoms with Gasteiger partial charge in [-0.05, 0) is 25.6 Å². The standard InChI is InChI=1S/C14H24N2O/c1-4-8-16(9-5-2)12-14-13(7-10-17-14)11-15-6-3/h4,7,10,15H,1,5-6,8-9,11-12H2,2-3H3. The molecule has 1 aromatic rings. The lowest BCUT2D eigenvalue weighted by Crippen LogP contribution is -2.25. The Kier molecular flexibility index (Phi) is 6.67. The van der Waals surface area contributed by atoms with Gasteiger partial charge in [0.1, 0.15) is 5.76 Å². The van der Waals surface area contributed by atoms with Crippen molar-refractivity contribution >= 4 is 0 Å². The molecule has 0 atom stereocenters. The molecule has 1 N–H and O–H groups in total. The fourth-order valence-electron chi connectivity index (χ4n) is 1.86. The van der Waals surface area contributed by atoms with Gasteiger partial charge >= 0.3 is 0 Å². The summed E-state index contributed by atoms with van der Waals surface area (Å²) < 4.78 is 5.57. The van der Waals surface area contributed by atoms with Crippen LogP contribution in [-0.2, 0) is 13.1 Å². The van der Waals surface area contributed by atoms with Crippen LogP contribution >= 0.6 is 0 Å². The molecule has 0 radical (unpaired) electrons. The second-order valence-electron chi connectivity index (χ2n) is 4.17. The molecule has 0 unspecified atom stereocenters. The highest BCUT2D eigenvalue weighted by Gasteiger charge is 2.10. The summed E-state index contributed by atoms with van der Waals surface area (Å²) in [5.41, 5.74) is 1.26. The van der Waals surface area contributed by atoms with Crippen molar-refractivity contribution in [2.24, 2.45) is 0 Å². The smallest absolute Gasteiger partial charge is 0.122 e. The van der Waals surface area contributed by atoms with Gasteiger partial charge in [-0.25, -0.2) is 0 Å². The normalized spacial score (nSPS) is 11.0. The first-order valence-electron chi connectivity index (χ1n) is 6.41. The number of rotatable bonds is 9. The Morgan fingerprint density at radius 2 is 2.29 bits per heavy atom. The zero-order chi connectivity index (χ0) is 12.5. The van der Waals surface area contributed by atoms with Crippen LogP contribution < -0.4 is 5.32 Å². The lowest BCUT2D eigenvalue weighted by molar-refractivity contribution is 0.267. The molecule has 0 spiro atoms. The zero-order valence-corrected chi connectivity index (χ0v) is 11.0.